The molecule has 0 spiro atoms. The summed E-state index contributed by atoms with van der Waals surface area (Å²) in [6.07, 6.45) is 0.938. The molecule has 0 aliphatic carbocycles. The maximum Gasteiger partial charge on any atom is 0.214 e. The fraction of sp³-hybridized carbons (Fsp3) is 0.364. The van der Waals surface area contributed by atoms with Crippen molar-refractivity contribution >= 4 is 23.4 Å². The largest absolute Gasteiger partial charge is 0.214 e. The summed E-state index contributed by atoms with van der Waals surface area (Å²) in [6, 6.07) is 9.86. The first kappa shape index (κ1) is 12.4. The van der Waals surface area contributed by atoms with Crippen LogP contribution in [0.5, 0.6) is 0 Å². The molecule has 4 nitrogen and oxygen atoms in total. The fourth-order valence-electron chi connectivity index (χ4n) is 1.38. The molecule has 0 N–H and O–H groups in total. The van der Waals surface area contributed by atoms with Crippen LogP contribution in [0.4, 0.5) is 0 Å². The Bertz CT molecular complexity index is 460. The van der Waals surface area contributed by atoms with E-state index in [9.17, 15) is 0 Å². The fourth-order valence-corrected chi connectivity index (χ4v) is 2.75. The Morgan fingerprint density at radius 3 is 2.82 bits per heavy atom. The van der Waals surface area contributed by atoms with E-state index in [2.05, 4.69) is 22.4 Å². The Morgan fingerprint density at radius 1 is 1.35 bits per heavy atom. The summed E-state index contributed by atoms with van der Waals surface area (Å²) in [7, 11) is 0. The van der Waals surface area contributed by atoms with Crippen LogP contribution < -0.4 is 0 Å². The van der Waals surface area contributed by atoms with Gasteiger partial charge in [-0.2, -0.15) is 4.68 Å². The van der Waals surface area contributed by atoms with E-state index in [4.69, 9.17) is 11.6 Å². The Morgan fingerprint density at radius 2 is 2.12 bits per heavy atom. The van der Waals surface area contributed by atoms with E-state index in [0.717, 1.165) is 17.3 Å². The number of rotatable bonds is 5. The molecule has 0 saturated carbocycles. The van der Waals surface area contributed by atoms with Gasteiger partial charge in [-0.1, -0.05) is 36.9 Å². The van der Waals surface area contributed by atoms with E-state index in [0.29, 0.717) is 11.1 Å². The van der Waals surface area contributed by atoms with E-state index in [1.54, 1.807) is 16.4 Å². The van der Waals surface area contributed by atoms with Crippen LogP contribution in [0.25, 0.3) is 5.69 Å². The van der Waals surface area contributed by atoms with Gasteiger partial charge in [0.25, 0.3) is 0 Å². The number of aromatic nitrogens is 4. The molecule has 1 aromatic heterocycles. The van der Waals surface area contributed by atoms with Gasteiger partial charge in [0.1, 0.15) is 0 Å². The Kier molecular flexibility index (Phi) is 4.39. The van der Waals surface area contributed by atoms with Crippen molar-refractivity contribution in [3.05, 3.63) is 30.3 Å². The number of tetrazole rings is 1. The highest BCUT2D eigenvalue weighted by molar-refractivity contribution is 7.99. The molecule has 0 fully saturated rings. The predicted molar refractivity (Wildman–Crippen MR) is 69.8 cm³/mol. The van der Waals surface area contributed by atoms with Gasteiger partial charge in [0.05, 0.1) is 5.69 Å². The highest BCUT2D eigenvalue weighted by atomic mass is 35.5. The van der Waals surface area contributed by atoms with Crippen molar-refractivity contribution in [3.63, 3.8) is 0 Å². The highest BCUT2D eigenvalue weighted by Gasteiger charge is 2.12. The number of hydrogen-bond acceptors (Lipinski definition) is 4. The SMILES string of the molecule is CC(CCCl)Sc1nnnn1-c1ccccc1. The standard InChI is InChI=1S/C11H13ClN4S/c1-9(7-8-12)17-11-13-14-15-16(11)10-5-3-2-4-6-10/h2-6,9H,7-8H2,1H3. The number of halogens is 1. The summed E-state index contributed by atoms with van der Waals surface area (Å²) < 4.78 is 1.75. The zero-order chi connectivity index (χ0) is 12.1. The molecule has 2 aromatic rings. The lowest BCUT2D eigenvalue weighted by Crippen LogP contribution is -2.03. The van der Waals surface area contributed by atoms with Gasteiger partial charge >= 0.3 is 0 Å². The summed E-state index contributed by atoms with van der Waals surface area (Å²) in [4.78, 5) is 0. The molecule has 1 aromatic carbocycles. The van der Waals surface area contributed by atoms with Crippen LogP contribution in [-0.4, -0.2) is 31.3 Å². The Balaban J connectivity index is 2.18. The second-order valence-corrected chi connectivity index (χ2v) is 5.40. The van der Waals surface area contributed by atoms with Gasteiger partial charge in [0, 0.05) is 11.1 Å². The molecule has 17 heavy (non-hydrogen) atoms. The number of thioether (sulfide) groups is 1. The molecule has 1 atom stereocenters. The Hall–Kier alpha value is -1.07. The number of alkyl halides is 1. The van der Waals surface area contributed by atoms with Gasteiger partial charge in [-0.3, -0.25) is 0 Å². The van der Waals surface area contributed by atoms with Crippen molar-refractivity contribution in [2.75, 3.05) is 5.88 Å². The van der Waals surface area contributed by atoms with E-state index in [1.165, 1.54) is 0 Å². The van der Waals surface area contributed by atoms with E-state index in [-0.39, 0.29) is 0 Å². The van der Waals surface area contributed by atoms with Crippen molar-refractivity contribution in [1.29, 1.82) is 0 Å². The summed E-state index contributed by atoms with van der Waals surface area (Å²) in [5.74, 6) is 0.654. The lowest BCUT2D eigenvalue weighted by molar-refractivity contribution is 0.753. The first-order valence-corrected chi connectivity index (χ1v) is 6.79. The normalized spacial score (nSPS) is 12.6. The van der Waals surface area contributed by atoms with Crippen molar-refractivity contribution in [2.45, 2.75) is 23.8 Å². The molecule has 0 aliphatic heterocycles. The van der Waals surface area contributed by atoms with Crippen molar-refractivity contribution < 1.29 is 0 Å². The average Bonchev–Trinajstić information content (AvgIpc) is 2.78. The van der Waals surface area contributed by atoms with Crippen LogP contribution in [0.15, 0.2) is 35.5 Å². The summed E-state index contributed by atoms with van der Waals surface area (Å²) in [5.41, 5.74) is 0.970. The predicted octanol–water partition coefficient (Wildman–Crippen LogP) is 2.77. The van der Waals surface area contributed by atoms with Crippen LogP contribution in [-0.2, 0) is 0 Å². The van der Waals surface area contributed by atoms with Gasteiger partial charge in [-0.25, -0.2) is 0 Å². The Labute approximate surface area is 109 Å². The molecule has 0 saturated heterocycles. The molecule has 6 heteroatoms. The van der Waals surface area contributed by atoms with Crippen LogP contribution in [0, 0.1) is 0 Å². The minimum atomic E-state index is 0.404. The number of hydrogen-bond donors (Lipinski definition) is 0. The molecule has 2 rings (SSSR count). The molecular weight excluding hydrogens is 256 g/mol. The first-order chi connectivity index (χ1) is 8.31. The van der Waals surface area contributed by atoms with E-state index >= 15 is 0 Å². The van der Waals surface area contributed by atoms with Gasteiger partial charge in [-0.05, 0) is 29.0 Å². The third kappa shape index (κ3) is 3.20. The molecule has 0 bridgehead atoms. The minimum Gasteiger partial charge on any atom is -0.188 e. The summed E-state index contributed by atoms with van der Waals surface area (Å²) in [5, 5.41) is 13.0. The molecule has 0 amide bonds. The minimum absolute atomic E-state index is 0.404. The van der Waals surface area contributed by atoms with Crippen molar-refractivity contribution in [3.8, 4) is 5.69 Å². The quantitative estimate of drug-likeness (QED) is 0.618. The zero-order valence-electron chi connectivity index (χ0n) is 9.45. The van der Waals surface area contributed by atoms with Gasteiger partial charge in [0.15, 0.2) is 0 Å². The van der Waals surface area contributed by atoms with Crippen molar-refractivity contribution in [1.82, 2.24) is 20.2 Å². The zero-order valence-corrected chi connectivity index (χ0v) is 11.0. The topological polar surface area (TPSA) is 43.6 Å². The maximum absolute atomic E-state index is 5.72. The second kappa shape index (κ2) is 6.02. The van der Waals surface area contributed by atoms with Gasteiger partial charge in [-0.15, -0.1) is 16.7 Å². The van der Waals surface area contributed by atoms with Crippen LogP contribution >= 0.6 is 23.4 Å². The molecule has 0 aliphatic rings. The van der Waals surface area contributed by atoms with E-state index in [1.807, 2.05) is 30.3 Å². The van der Waals surface area contributed by atoms with E-state index < -0.39 is 0 Å². The average molecular weight is 269 g/mol. The number of para-hydroxylation sites is 1. The summed E-state index contributed by atoms with van der Waals surface area (Å²) >= 11 is 7.36. The third-order valence-electron chi connectivity index (χ3n) is 2.26. The smallest absolute Gasteiger partial charge is 0.188 e. The van der Waals surface area contributed by atoms with Crippen LogP contribution in [0.1, 0.15) is 13.3 Å². The monoisotopic (exact) mass is 268 g/mol. The summed E-state index contributed by atoms with van der Waals surface area (Å²) in [6.45, 7) is 2.12. The van der Waals surface area contributed by atoms with Crippen LogP contribution in [0.2, 0.25) is 0 Å². The van der Waals surface area contributed by atoms with Gasteiger partial charge in [0.2, 0.25) is 5.16 Å². The molecule has 90 valence electrons. The number of benzene rings is 1. The maximum atomic E-state index is 5.72. The number of nitrogens with zero attached hydrogens (tertiary/aromatic N) is 4. The van der Waals surface area contributed by atoms with Crippen LogP contribution in [0.3, 0.4) is 0 Å². The molecule has 1 heterocycles. The molecular formula is C11H13ClN4S. The second-order valence-electron chi connectivity index (χ2n) is 3.61. The first-order valence-electron chi connectivity index (χ1n) is 5.37. The molecule has 1 unspecified atom stereocenters. The lowest BCUT2D eigenvalue weighted by Gasteiger charge is -2.08. The third-order valence-corrected chi connectivity index (χ3v) is 3.59. The van der Waals surface area contributed by atoms with Gasteiger partial charge < -0.3 is 0 Å². The molecule has 0 radical (unpaired) electrons. The van der Waals surface area contributed by atoms with Crippen molar-refractivity contribution in [2.24, 2.45) is 0 Å². The highest BCUT2D eigenvalue weighted by Crippen LogP contribution is 2.24. The lowest BCUT2D eigenvalue weighted by atomic mass is 10.3.